The third kappa shape index (κ3) is 7.89. The standard InChI is InChI=1S/C27H25BrClN9O3.BrH/c1-5-7-24-35-27(37(40)41)22(36(24)2)15-38(3,4)11-6-8-25(39)34-23-13-18-21(14-30-23)31-16-32-26(18)33-17-9-10-19(28)20(29)12-17;/h6,8-10,12-14,16H,11,15H2,1-4H3,(H-,30,31,32,33,34,39);1H/b8-6+;. The number of rotatable bonds is 9. The number of nitro groups is 1. The molecule has 0 aliphatic heterocycles. The molecule has 0 aliphatic carbocycles. The molecule has 12 nitrogen and oxygen atoms in total. The largest absolute Gasteiger partial charge is 1.00 e. The number of carbonyl (C=O) groups excluding carboxylic acids is 1. The number of pyridine rings is 1. The third-order valence-corrected chi connectivity index (χ3v) is 7.24. The summed E-state index contributed by atoms with van der Waals surface area (Å²) in [5.74, 6) is 6.09. The van der Waals surface area contributed by atoms with Crippen molar-refractivity contribution in [3.05, 3.63) is 80.1 Å². The SMILES string of the molecule is CC#Cc1nc([N+](=O)[O-])c(C[N+](C)(C)C/C=C/C(=O)Nc2cc3c(Nc4ccc(Br)c(Cl)c4)ncnc3cn2)n1C.[Br-]. The minimum Gasteiger partial charge on any atom is -1.00 e. The zero-order chi connectivity index (χ0) is 29.7. The van der Waals surface area contributed by atoms with E-state index in [4.69, 9.17) is 11.6 Å². The molecule has 0 spiro atoms. The van der Waals surface area contributed by atoms with Crippen LogP contribution in [0.1, 0.15) is 18.4 Å². The van der Waals surface area contributed by atoms with Crippen molar-refractivity contribution in [2.24, 2.45) is 7.05 Å². The average molecular weight is 720 g/mol. The predicted octanol–water partition coefficient (Wildman–Crippen LogP) is 1.97. The van der Waals surface area contributed by atoms with Gasteiger partial charge in [-0.2, -0.15) is 0 Å². The van der Waals surface area contributed by atoms with Crippen molar-refractivity contribution in [1.29, 1.82) is 0 Å². The summed E-state index contributed by atoms with van der Waals surface area (Å²) in [6.45, 7) is 2.38. The van der Waals surface area contributed by atoms with Gasteiger partial charge >= 0.3 is 5.82 Å². The Balaban J connectivity index is 0.00000484. The molecule has 42 heavy (non-hydrogen) atoms. The molecular formula is C27H26Br2ClN9O3. The number of quaternary nitrogens is 1. The second kappa shape index (κ2) is 13.8. The first kappa shape index (κ1) is 32.6. The molecule has 0 bridgehead atoms. The van der Waals surface area contributed by atoms with Crippen LogP contribution in [0.5, 0.6) is 0 Å². The van der Waals surface area contributed by atoms with Gasteiger partial charge in [-0.3, -0.25) is 9.36 Å². The van der Waals surface area contributed by atoms with Gasteiger partial charge in [-0.1, -0.05) is 17.5 Å². The summed E-state index contributed by atoms with van der Waals surface area (Å²) >= 11 is 9.58. The molecule has 3 aromatic heterocycles. The van der Waals surface area contributed by atoms with Crippen LogP contribution < -0.4 is 27.6 Å². The maximum atomic E-state index is 12.7. The molecule has 15 heteroatoms. The number of fused-ring (bicyclic) bond motifs is 1. The molecule has 0 aliphatic rings. The highest BCUT2D eigenvalue weighted by Gasteiger charge is 2.30. The quantitative estimate of drug-likeness (QED) is 0.0881. The Morgan fingerprint density at radius 1 is 1.26 bits per heavy atom. The number of benzene rings is 1. The molecule has 0 radical (unpaired) electrons. The molecule has 4 aromatic rings. The van der Waals surface area contributed by atoms with E-state index in [-0.39, 0.29) is 28.7 Å². The van der Waals surface area contributed by atoms with Crippen LogP contribution in [-0.2, 0) is 18.4 Å². The van der Waals surface area contributed by atoms with Gasteiger partial charge in [0, 0.05) is 28.7 Å². The first-order chi connectivity index (χ1) is 19.5. The summed E-state index contributed by atoms with van der Waals surface area (Å²) in [6.07, 6.45) is 6.08. The van der Waals surface area contributed by atoms with Gasteiger partial charge in [-0.05, 0) is 69.0 Å². The maximum Gasteiger partial charge on any atom is 0.392 e. The minimum atomic E-state index is -0.504. The average Bonchev–Trinajstić information content (AvgIpc) is 3.21. The van der Waals surface area contributed by atoms with Crippen LogP contribution in [0.3, 0.4) is 0 Å². The number of amides is 1. The Labute approximate surface area is 265 Å². The second-order valence-electron chi connectivity index (χ2n) is 9.63. The molecule has 0 saturated carbocycles. The lowest BCUT2D eigenvalue weighted by atomic mass is 10.2. The normalized spacial score (nSPS) is 11.1. The fourth-order valence-electron chi connectivity index (χ4n) is 3.98. The van der Waals surface area contributed by atoms with E-state index in [0.29, 0.717) is 56.7 Å². The zero-order valence-corrected chi connectivity index (χ0v) is 27.0. The molecule has 2 N–H and O–H groups in total. The number of hydrogen-bond acceptors (Lipinski definition) is 8. The summed E-state index contributed by atoms with van der Waals surface area (Å²) in [5.41, 5.74) is 1.78. The van der Waals surface area contributed by atoms with Crippen LogP contribution >= 0.6 is 27.5 Å². The fraction of sp³-hybridized carbons (Fsp3) is 0.222. The summed E-state index contributed by atoms with van der Waals surface area (Å²) < 4.78 is 2.74. The molecular weight excluding hydrogens is 694 g/mol. The zero-order valence-electron chi connectivity index (χ0n) is 23.0. The summed E-state index contributed by atoms with van der Waals surface area (Å²) in [6, 6.07) is 7.12. The minimum absolute atomic E-state index is 0. The Morgan fingerprint density at radius 2 is 2.02 bits per heavy atom. The number of anilines is 3. The molecule has 218 valence electrons. The molecule has 1 amide bonds. The number of aromatic nitrogens is 5. The van der Waals surface area contributed by atoms with Crippen molar-refractivity contribution in [3.63, 3.8) is 0 Å². The van der Waals surface area contributed by atoms with E-state index in [2.05, 4.69) is 58.3 Å². The monoisotopic (exact) mass is 717 g/mol. The Hall–Kier alpha value is -3.90. The lowest BCUT2D eigenvalue weighted by Gasteiger charge is -2.28. The number of imidazole rings is 1. The number of nitrogens with one attached hydrogen (secondary N) is 2. The van der Waals surface area contributed by atoms with Crippen molar-refractivity contribution in [2.45, 2.75) is 13.5 Å². The molecule has 1 aromatic carbocycles. The van der Waals surface area contributed by atoms with Crippen LogP contribution in [0.15, 0.2) is 53.4 Å². The van der Waals surface area contributed by atoms with Gasteiger partial charge < -0.3 is 42.2 Å². The van der Waals surface area contributed by atoms with Crippen LogP contribution in [-0.4, -0.2) is 60.5 Å². The Morgan fingerprint density at radius 3 is 2.71 bits per heavy atom. The maximum absolute atomic E-state index is 12.7. The third-order valence-electron chi connectivity index (χ3n) is 6.00. The number of halogens is 3. The van der Waals surface area contributed by atoms with E-state index >= 15 is 0 Å². The highest BCUT2D eigenvalue weighted by atomic mass is 79.9. The molecule has 4 rings (SSSR count). The van der Waals surface area contributed by atoms with Gasteiger partial charge in [0.15, 0.2) is 5.69 Å². The van der Waals surface area contributed by atoms with Crippen LogP contribution in [0, 0.1) is 22.0 Å². The number of nitrogens with zero attached hydrogens (tertiary/aromatic N) is 7. The topological polar surface area (TPSA) is 141 Å². The van der Waals surface area contributed by atoms with E-state index in [1.165, 1.54) is 12.4 Å². The smallest absolute Gasteiger partial charge is 0.392 e. The van der Waals surface area contributed by atoms with Crippen molar-refractivity contribution < 1.29 is 31.2 Å². The molecule has 0 unspecified atom stereocenters. The first-order valence-corrected chi connectivity index (χ1v) is 13.4. The lowest BCUT2D eigenvalue weighted by Crippen LogP contribution is -3.00. The van der Waals surface area contributed by atoms with Gasteiger partial charge in [-0.15, -0.1) is 0 Å². The number of hydrogen-bond donors (Lipinski definition) is 2. The summed E-state index contributed by atoms with van der Waals surface area (Å²) in [5, 5.41) is 18.7. The Bertz CT molecular complexity index is 1750. The number of likely N-dealkylation sites (N-methyl/N-ethyl adjacent to an activating group) is 1. The van der Waals surface area contributed by atoms with Crippen LogP contribution in [0.25, 0.3) is 10.9 Å². The van der Waals surface area contributed by atoms with Gasteiger partial charge in [0.05, 0.1) is 37.4 Å². The molecule has 3 heterocycles. The van der Waals surface area contributed by atoms with Gasteiger partial charge in [0.25, 0.3) is 5.82 Å². The van der Waals surface area contributed by atoms with E-state index < -0.39 is 4.92 Å². The lowest BCUT2D eigenvalue weighted by molar-refractivity contribution is -0.898. The Kier molecular flexibility index (Phi) is 10.7. The first-order valence-electron chi connectivity index (χ1n) is 12.2. The van der Waals surface area contributed by atoms with Gasteiger partial charge in [0.1, 0.15) is 24.5 Å². The molecule has 0 atom stereocenters. The second-order valence-corrected chi connectivity index (χ2v) is 10.9. The highest BCUT2D eigenvalue weighted by Crippen LogP contribution is 2.29. The van der Waals surface area contributed by atoms with E-state index in [9.17, 15) is 14.9 Å². The van der Waals surface area contributed by atoms with Gasteiger partial charge in [0.2, 0.25) is 5.91 Å². The molecule has 0 fully saturated rings. The van der Waals surface area contributed by atoms with Crippen molar-refractivity contribution in [1.82, 2.24) is 24.5 Å². The van der Waals surface area contributed by atoms with Crippen molar-refractivity contribution in [2.75, 3.05) is 31.3 Å². The van der Waals surface area contributed by atoms with Gasteiger partial charge in [-0.25, -0.2) is 15.0 Å². The fourth-order valence-corrected chi connectivity index (χ4v) is 4.41. The summed E-state index contributed by atoms with van der Waals surface area (Å²) in [7, 11) is 5.51. The van der Waals surface area contributed by atoms with E-state index in [1.54, 1.807) is 42.9 Å². The van der Waals surface area contributed by atoms with Crippen LogP contribution in [0.4, 0.5) is 23.1 Å². The highest BCUT2D eigenvalue weighted by molar-refractivity contribution is 9.10. The van der Waals surface area contributed by atoms with Crippen LogP contribution in [0.2, 0.25) is 5.02 Å². The van der Waals surface area contributed by atoms with Crippen molar-refractivity contribution >= 4 is 67.5 Å². The van der Waals surface area contributed by atoms with E-state index in [0.717, 1.165) is 10.2 Å². The molecule has 0 saturated heterocycles. The summed E-state index contributed by atoms with van der Waals surface area (Å²) in [4.78, 5) is 40.7. The number of carbonyl (C=O) groups is 1. The predicted molar refractivity (Wildman–Crippen MR) is 161 cm³/mol. The van der Waals surface area contributed by atoms with Crippen molar-refractivity contribution in [3.8, 4) is 11.8 Å². The van der Waals surface area contributed by atoms with E-state index in [1.807, 2.05) is 26.2 Å².